The standard InChI is InChI=1S/C17H26F2N4O5/c1-17(2,3)28-16(24)20-11-9-13(23(25)26)12(10-14(11)27-15(18)19)22(6)8-7-21(4)5/h9-10,15H,7-8H2,1-6H3,(H,20,24). The SMILES string of the molecule is CN(C)CCN(C)c1cc(OC(F)F)c(NC(=O)OC(C)(C)C)cc1[N+](=O)[O-]. The molecule has 0 radical (unpaired) electrons. The van der Waals surface area contributed by atoms with Gasteiger partial charge in [-0.05, 0) is 34.9 Å². The van der Waals surface area contributed by atoms with Crippen molar-refractivity contribution in [3.05, 3.63) is 22.2 Å². The van der Waals surface area contributed by atoms with Crippen molar-refractivity contribution >= 4 is 23.2 Å². The molecule has 0 unspecified atom stereocenters. The van der Waals surface area contributed by atoms with E-state index in [0.717, 1.165) is 12.1 Å². The molecule has 1 aromatic carbocycles. The number of nitro groups is 1. The molecule has 0 fully saturated rings. The van der Waals surface area contributed by atoms with Gasteiger partial charge in [0.1, 0.15) is 11.3 Å². The quantitative estimate of drug-likeness (QED) is 0.523. The Labute approximate surface area is 162 Å². The summed E-state index contributed by atoms with van der Waals surface area (Å²) in [5.41, 5.74) is -1.41. The number of halogens is 2. The van der Waals surface area contributed by atoms with E-state index in [1.807, 2.05) is 19.0 Å². The molecule has 28 heavy (non-hydrogen) atoms. The predicted molar refractivity (Wildman–Crippen MR) is 101 cm³/mol. The first kappa shape index (κ1) is 23.3. The fraction of sp³-hybridized carbons (Fsp3) is 0.588. The van der Waals surface area contributed by atoms with Gasteiger partial charge in [0, 0.05) is 32.3 Å². The van der Waals surface area contributed by atoms with E-state index >= 15 is 0 Å². The van der Waals surface area contributed by atoms with Gasteiger partial charge in [-0.2, -0.15) is 8.78 Å². The van der Waals surface area contributed by atoms with Gasteiger partial charge in [-0.1, -0.05) is 0 Å². The van der Waals surface area contributed by atoms with E-state index in [2.05, 4.69) is 10.1 Å². The Kier molecular flexibility index (Phi) is 7.91. The van der Waals surface area contributed by atoms with Gasteiger partial charge in [0.05, 0.1) is 10.6 Å². The molecule has 0 aromatic heterocycles. The highest BCUT2D eigenvalue weighted by molar-refractivity contribution is 5.89. The summed E-state index contributed by atoms with van der Waals surface area (Å²) in [7, 11) is 5.27. The second kappa shape index (κ2) is 9.49. The number of hydrogen-bond donors (Lipinski definition) is 1. The third-order valence-corrected chi connectivity index (χ3v) is 3.42. The van der Waals surface area contributed by atoms with Gasteiger partial charge in [0.25, 0.3) is 5.69 Å². The maximum absolute atomic E-state index is 12.8. The van der Waals surface area contributed by atoms with Crippen LogP contribution in [0.4, 0.5) is 30.6 Å². The molecule has 0 aliphatic carbocycles. The van der Waals surface area contributed by atoms with Crippen molar-refractivity contribution in [2.24, 2.45) is 0 Å². The summed E-state index contributed by atoms with van der Waals surface area (Å²) in [4.78, 5) is 26.2. The fourth-order valence-corrected chi connectivity index (χ4v) is 2.18. The molecule has 1 aromatic rings. The predicted octanol–water partition coefficient (Wildman–Crippen LogP) is 3.54. The monoisotopic (exact) mass is 404 g/mol. The van der Waals surface area contributed by atoms with E-state index in [1.165, 1.54) is 0 Å². The van der Waals surface area contributed by atoms with Crippen molar-refractivity contribution in [1.82, 2.24) is 4.90 Å². The zero-order valence-corrected chi connectivity index (χ0v) is 16.8. The average Bonchev–Trinajstić information content (AvgIpc) is 2.51. The van der Waals surface area contributed by atoms with Gasteiger partial charge in [-0.25, -0.2) is 4.79 Å². The van der Waals surface area contributed by atoms with E-state index in [-0.39, 0.29) is 17.1 Å². The number of carbonyl (C=O) groups excluding carboxylic acids is 1. The number of benzene rings is 1. The van der Waals surface area contributed by atoms with Crippen LogP contribution in [0, 0.1) is 10.1 Å². The number of alkyl halides is 2. The molecule has 158 valence electrons. The number of nitrogens with one attached hydrogen (secondary N) is 1. The Bertz CT molecular complexity index is 708. The molecule has 0 bridgehead atoms. The van der Waals surface area contributed by atoms with Crippen LogP contribution in [0.1, 0.15) is 20.8 Å². The maximum Gasteiger partial charge on any atom is 0.412 e. The van der Waals surface area contributed by atoms with Gasteiger partial charge in [0.2, 0.25) is 0 Å². The number of nitrogens with zero attached hydrogens (tertiary/aromatic N) is 3. The molecule has 0 atom stereocenters. The first-order chi connectivity index (χ1) is 12.8. The summed E-state index contributed by atoms with van der Waals surface area (Å²) in [6.07, 6.45) is -0.949. The zero-order chi connectivity index (χ0) is 21.6. The lowest BCUT2D eigenvalue weighted by Crippen LogP contribution is -2.29. The molecule has 0 spiro atoms. The van der Waals surface area contributed by atoms with Crippen LogP contribution in [0.2, 0.25) is 0 Å². The Morgan fingerprint density at radius 1 is 1.25 bits per heavy atom. The fourth-order valence-electron chi connectivity index (χ4n) is 2.18. The Hall–Kier alpha value is -2.69. The van der Waals surface area contributed by atoms with Crippen LogP contribution >= 0.6 is 0 Å². The third kappa shape index (κ3) is 7.51. The third-order valence-electron chi connectivity index (χ3n) is 3.42. The molecule has 0 saturated carbocycles. The van der Waals surface area contributed by atoms with E-state index in [1.54, 1.807) is 32.7 Å². The van der Waals surface area contributed by atoms with Crippen LogP contribution in [-0.4, -0.2) is 62.4 Å². The van der Waals surface area contributed by atoms with Gasteiger partial charge in [-0.15, -0.1) is 0 Å². The van der Waals surface area contributed by atoms with Crippen LogP contribution in [0.3, 0.4) is 0 Å². The number of nitro benzene ring substituents is 1. The minimum atomic E-state index is -3.18. The Balaban J connectivity index is 3.32. The summed E-state index contributed by atoms with van der Waals surface area (Å²) < 4.78 is 35.2. The Morgan fingerprint density at radius 3 is 2.32 bits per heavy atom. The van der Waals surface area contributed by atoms with Crippen LogP contribution in [0.15, 0.2) is 12.1 Å². The lowest BCUT2D eigenvalue weighted by molar-refractivity contribution is -0.384. The second-order valence-corrected chi connectivity index (χ2v) is 7.32. The van der Waals surface area contributed by atoms with E-state index < -0.39 is 29.0 Å². The van der Waals surface area contributed by atoms with Gasteiger partial charge < -0.3 is 19.3 Å². The average molecular weight is 404 g/mol. The van der Waals surface area contributed by atoms with E-state index in [0.29, 0.717) is 13.1 Å². The first-order valence-electron chi connectivity index (χ1n) is 8.43. The molecule has 1 rings (SSSR count). The molecule has 0 aliphatic heterocycles. The largest absolute Gasteiger partial charge is 0.444 e. The Morgan fingerprint density at radius 2 is 1.86 bits per heavy atom. The number of hydrogen-bond acceptors (Lipinski definition) is 7. The van der Waals surface area contributed by atoms with Crippen LogP contribution in [-0.2, 0) is 4.74 Å². The second-order valence-electron chi connectivity index (χ2n) is 7.32. The van der Waals surface area contributed by atoms with Gasteiger partial charge in [-0.3, -0.25) is 15.4 Å². The molecular weight excluding hydrogens is 378 g/mol. The molecular formula is C17H26F2N4O5. The van der Waals surface area contributed by atoms with E-state index in [4.69, 9.17) is 4.74 Å². The molecule has 0 aliphatic rings. The zero-order valence-electron chi connectivity index (χ0n) is 16.8. The number of ether oxygens (including phenoxy) is 2. The van der Waals surface area contributed by atoms with Crippen molar-refractivity contribution in [2.45, 2.75) is 33.0 Å². The molecule has 0 heterocycles. The number of rotatable bonds is 8. The molecule has 9 nitrogen and oxygen atoms in total. The summed E-state index contributed by atoms with van der Waals surface area (Å²) in [6, 6.07) is 2.08. The molecule has 11 heteroatoms. The lowest BCUT2D eigenvalue weighted by atomic mass is 10.2. The minimum Gasteiger partial charge on any atom is -0.444 e. The van der Waals surface area contributed by atoms with Crippen molar-refractivity contribution in [3.63, 3.8) is 0 Å². The van der Waals surface area contributed by atoms with Crippen LogP contribution < -0.4 is 15.0 Å². The van der Waals surface area contributed by atoms with Gasteiger partial charge >= 0.3 is 12.7 Å². The van der Waals surface area contributed by atoms with Crippen molar-refractivity contribution in [1.29, 1.82) is 0 Å². The molecule has 1 amide bonds. The van der Waals surface area contributed by atoms with E-state index in [9.17, 15) is 23.7 Å². The van der Waals surface area contributed by atoms with Crippen LogP contribution in [0.25, 0.3) is 0 Å². The summed E-state index contributed by atoms with van der Waals surface area (Å²) in [6.45, 7) is 2.66. The highest BCUT2D eigenvalue weighted by Gasteiger charge is 2.25. The highest BCUT2D eigenvalue weighted by atomic mass is 19.3. The number of amides is 1. The topological polar surface area (TPSA) is 97.2 Å². The minimum absolute atomic E-state index is 0.0808. The molecule has 0 saturated heterocycles. The highest BCUT2D eigenvalue weighted by Crippen LogP contribution is 2.39. The smallest absolute Gasteiger partial charge is 0.412 e. The number of likely N-dealkylation sites (N-methyl/N-ethyl adjacent to an activating group) is 2. The van der Waals surface area contributed by atoms with Crippen molar-refractivity contribution in [2.75, 3.05) is 44.4 Å². The van der Waals surface area contributed by atoms with Crippen molar-refractivity contribution in [3.8, 4) is 5.75 Å². The maximum atomic E-state index is 12.8. The van der Waals surface area contributed by atoms with Crippen molar-refractivity contribution < 1.29 is 28.0 Å². The van der Waals surface area contributed by atoms with Crippen LogP contribution in [0.5, 0.6) is 5.75 Å². The summed E-state index contributed by atoms with van der Waals surface area (Å²) >= 11 is 0. The first-order valence-corrected chi connectivity index (χ1v) is 8.43. The normalized spacial score (nSPS) is 11.5. The lowest BCUT2D eigenvalue weighted by Gasteiger charge is -2.23. The summed E-state index contributed by atoms with van der Waals surface area (Å²) in [5, 5.41) is 13.7. The number of anilines is 2. The summed E-state index contributed by atoms with van der Waals surface area (Å²) in [5.74, 6) is -0.404. The molecule has 1 N–H and O–H groups in total. The van der Waals surface area contributed by atoms with Gasteiger partial charge in [0.15, 0.2) is 5.75 Å². The number of carbonyl (C=O) groups is 1.